The van der Waals surface area contributed by atoms with Crippen LogP contribution in [0.15, 0.2) is 12.1 Å². The molecule has 0 radical (unpaired) electrons. The minimum Gasteiger partial charge on any atom is -0.466 e. The third-order valence-electron chi connectivity index (χ3n) is 2.44. The summed E-state index contributed by atoms with van der Waals surface area (Å²) in [6.45, 7) is 4.20. The Morgan fingerprint density at radius 2 is 2.21 bits per heavy atom. The predicted molar refractivity (Wildman–Crippen MR) is 72.6 cm³/mol. The van der Waals surface area contributed by atoms with E-state index in [0.29, 0.717) is 24.4 Å². The van der Waals surface area contributed by atoms with Gasteiger partial charge in [-0.3, -0.25) is 14.9 Å². The van der Waals surface area contributed by atoms with Gasteiger partial charge < -0.3 is 10.1 Å². The molecule has 104 valence electrons. The average Bonchev–Trinajstić information content (AvgIpc) is 2.33. The molecule has 0 aliphatic carbocycles. The molecular weight excluding hydrogens is 272 g/mol. The molecular formula is C12H15ClN2O4. The molecule has 0 aromatic heterocycles. The second-order valence-corrected chi connectivity index (χ2v) is 4.26. The van der Waals surface area contributed by atoms with Crippen molar-refractivity contribution in [3.05, 3.63) is 32.8 Å². The number of aryl methyl sites for hydroxylation is 1. The maximum absolute atomic E-state index is 11.2. The topological polar surface area (TPSA) is 81.5 Å². The Hall–Kier alpha value is -1.82. The number of esters is 1. The second kappa shape index (κ2) is 6.94. The third-order valence-corrected chi connectivity index (χ3v) is 2.74. The average molecular weight is 287 g/mol. The van der Waals surface area contributed by atoms with Crippen LogP contribution in [0.1, 0.15) is 18.9 Å². The SMILES string of the molecule is CCOC(=O)CCNc1cc(Cl)c([N+](=O)[O-])cc1C. The van der Waals surface area contributed by atoms with E-state index in [1.807, 2.05) is 0 Å². The number of halogens is 1. The Labute approximate surface area is 115 Å². The van der Waals surface area contributed by atoms with E-state index in [0.717, 1.165) is 0 Å². The quantitative estimate of drug-likeness (QED) is 0.494. The molecule has 0 heterocycles. The molecule has 19 heavy (non-hydrogen) atoms. The summed E-state index contributed by atoms with van der Waals surface area (Å²) in [6, 6.07) is 2.88. The summed E-state index contributed by atoms with van der Waals surface area (Å²) >= 11 is 5.81. The standard InChI is InChI=1S/C12H15ClN2O4/c1-3-19-12(16)4-5-14-10-7-9(13)11(15(17)18)6-8(10)2/h6-7,14H,3-5H2,1-2H3. The van der Waals surface area contributed by atoms with E-state index in [1.54, 1.807) is 13.8 Å². The van der Waals surface area contributed by atoms with E-state index in [1.165, 1.54) is 12.1 Å². The Bertz CT molecular complexity index is 491. The molecule has 0 saturated carbocycles. The molecule has 0 saturated heterocycles. The van der Waals surface area contributed by atoms with Gasteiger partial charge in [0, 0.05) is 18.3 Å². The number of nitro benzene ring substituents is 1. The van der Waals surface area contributed by atoms with Crippen molar-refractivity contribution in [2.75, 3.05) is 18.5 Å². The van der Waals surface area contributed by atoms with Gasteiger partial charge in [0.25, 0.3) is 5.69 Å². The first-order valence-electron chi connectivity index (χ1n) is 5.79. The maximum atomic E-state index is 11.2. The molecule has 1 aromatic carbocycles. The monoisotopic (exact) mass is 286 g/mol. The van der Waals surface area contributed by atoms with Crippen molar-refractivity contribution in [3.63, 3.8) is 0 Å². The summed E-state index contributed by atoms with van der Waals surface area (Å²) < 4.78 is 4.79. The molecule has 0 spiro atoms. The van der Waals surface area contributed by atoms with Crippen LogP contribution in [-0.2, 0) is 9.53 Å². The summed E-state index contributed by atoms with van der Waals surface area (Å²) in [6.07, 6.45) is 0.224. The molecule has 0 fully saturated rings. The van der Waals surface area contributed by atoms with Gasteiger partial charge in [0.1, 0.15) is 5.02 Å². The van der Waals surface area contributed by atoms with E-state index in [4.69, 9.17) is 16.3 Å². The van der Waals surface area contributed by atoms with Crippen molar-refractivity contribution in [2.24, 2.45) is 0 Å². The molecule has 7 heteroatoms. The van der Waals surface area contributed by atoms with Crippen molar-refractivity contribution >= 4 is 28.9 Å². The smallest absolute Gasteiger partial charge is 0.307 e. The molecule has 0 aliphatic heterocycles. The molecule has 0 amide bonds. The Morgan fingerprint density at radius 1 is 1.53 bits per heavy atom. The van der Waals surface area contributed by atoms with Crippen LogP contribution in [-0.4, -0.2) is 24.0 Å². The summed E-state index contributed by atoms with van der Waals surface area (Å²) in [7, 11) is 0. The van der Waals surface area contributed by atoms with Crippen LogP contribution in [0.3, 0.4) is 0 Å². The van der Waals surface area contributed by atoms with Gasteiger partial charge in [0.15, 0.2) is 0 Å². The number of hydrogen-bond donors (Lipinski definition) is 1. The molecule has 0 bridgehead atoms. The van der Waals surface area contributed by atoms with E-state index in [9.17, 15) is 14.9 Å². The summed E-state index contributed by atoms with van der Waals surface area (Å²) in [5.74, 6) is -0.291. The number of ether oxygens (including phenoxy) is 1. The van der Waals surface area contributed by atoms with Gasteiger partial charge in [-0.05, 0) is 25.5 Å². The highest BCUT2D eigenvalue weighted by atomic mass is 35.5. The van der Waals surface area contributed by atoms with E-state index < -0.39 is 4.92 Å². The number of hydrogen-bond acceptors (Lipinski definition) is 5. The Kier molecular flexibility index (Phi) is 5.57. The number of carbonyl (C=O) groups excluding carboxylic acids is 1. The Morgan fingerprint density at radius 3 is 2.79 bits per heavy atom. The van der Waals surface area contributed by atoms with Gasteiger partial charge >= 0.3 is 5.97 Å². The van der Waals surface area contributed by atoms with Crippen molar-refractivity contribution in [2.45, 2.75) is 20.3 Å². The first kappa shape index (κ1) is 15.2. The molecule has 0 unspecified atom stereocenters. The third kappa shape index (κ3) is 4.40. The fourth-order valence-corrected chi connectivity index (χ4v) is 1.76. The number of nitrogens with one attached hydrogen (secondary N) is 1. The lowest BCUT2D eigenvalue weighted by molar-refractivity contribution is -0.384. The van der Waals surface area contributed by atoms with E-state index >= 15 is 0 Å². The molecule has 1 aromatic rings. The first-order chi connectivity index (χ1) is 8.95. The van der Waals surface area contributed by atoms with Gasteiger partial charge in [-0.25, -0.2) is 0 Å². The number of nitrogens with zero attached hydrogens (tertiary/aromatic N) is 1. The predicted octanol–water partition coefficient (Wildman–Crippen LogP) is 2.92. The zero-order valence-corrected chi connectivity index (χ0v) is 11.5. The van der Waals surface area contributed by atoms with E-state index in [-0.39, 0.29) is 23.1 Å². The van der Waals surface area contributed by atoms with Gasteiger partial charge in [-0.1, -0.05) is 11.6 Å². The lowest BCUT2D eigenvalue weighted by Gasteiger charge is -2.10. The van der Waals surface area contributed by atoms with Crippen molar-refractivity contribution in [1.82, 2.24) is 0 Å². The Balaban J connectivity index is 2.67. The van der Waals surface area contributed by atoms with Crippen molar-refractivity contribution < 1.29 is 14.5 Å². The van der Waals surface area contributed by atoms with Crippen LogP contribution >= 0.6 is 11.6 Å². The maximum Gasteiger partial charge on any atom is 0.307 e. The van der Waals surface area contributed by atoms with Gasteiger partial charge in [0.05, 0.1) is 18.0 Å². The number of carbonyl (C=O) groups is 1. The fraction of sp³-hybridized carbons (Fsp3) is 0.417. The number of anilines is 1. The molecule has 6 nitrogen and oxygen atoms in total. The fourth-order valence-electron chi connectivity index (χ4n) is 1.53. The van der Waals surface area contributed by atoms with Crippen LogP contribution in [0.5, 0.6) is 0 Å². The van der Waals surface area contributed by atoms with E-state index in [2.05, 4.69) is 5.32 Å². The highest BCUT2D eigenvalue weighted by molar-refractivity contribution is 6.33. The van der Waals surface area contributed by atoms with Gasteiger partial charge in [-0.2, -0.15) is 0 Å². The van der Waals surface area contributed by atoms with Crippen LogP contribution in [0.25, 0.3) is 0 Å². The van der Waals surface area contributed by atoms with Crippen LogP contribution in [0.2, 0.25) is 5.02 Å². The molecule has 1 rings (SSSR count). The van der Waals surface area contributed by atoms with Gasteiger partial charge in [0.2, 0.25) is 0 Å². The lowest BCUT2D eigenvalue weighted by Crippen LogP contribution is -2.12. The molecule has 1 N–H and O–H groups in total. The molecule has 0 aliphatic rings. The summed E-state index contributed by atoms with van der Waals surface area (Å²) in [5.41, 5.74) is 1.23. The van der Waals surface area contributed by atoms with Crippen molar-refractivity contribution in [1.29, 1.82) is 0 Å². The summed E-state index contributed by atoms with van der Waals surface area (Å²) in [4.78, 5) is 21.3. The zero-order chi connectivity index (χ0) is 14.4. The van der Waals surface area contributed by atoms with Crippen LogP contribution < -0.4 is 5.32 Å². The number of nitro groups is 1. The number of rotatable bonds is 6. The highest BCUT2D eigenvalue weighted by Crippen LogP contribution is 2.30. The van der Waals surface area contributed by atoms with Crippen LogP contribution in [0, 0.1) is 17.0 Å². The minimum absolute atomic E-state index is 0.0641. The van der Waals surface area contributed by atoms with Crippen molar-refractivity contribution in [3.8, 4) is 0 Å². The first-order valence-corrected chi connectivity index (χ1v) is 6.17. The molecule has 0 atom stereocenters. The van der Waals surface area contributed by atoms with Gasteiger partial charge in [-0.15, -0.1) is 0 Å². The second-order valence-electron chi connectivity index (χ2n) is 3.86. The van der Waals surface area contributed by atoms with Crippen LogP contribution in [0.4, 0.5) is 11.4 Å². The largest absolute Gasteiger partial charge is 0.466 e. The number of benzene rings is 1. The lowest BCUT2D eigenvalue weighted by atomic mass is 10.1. The normalized spacial score (nSPS) is 10.1. The summed E-state index contributed by atoms with van der Waals surface area (Å²) in [5, 5.41) is 13.8. The zero-order valence-electron chi connectivity index (χ0n) is 10.7. The minimum atomic E-state index is -0.530. The highest BCUT2D eigenvalue weighted by Gasteiger charge is 2.14.